The Labute approximate surface area is 160 Å². The fraction of sp³-hybridized carbons (Fsp3) is 0.316. The molecule has 1 aromatic carbocycles. The van der Waals surface area contributed by atoms with Gasteiger partial charge in [-0.05, 0) is 51.0 Å². The Hall–Kier alpha value is -3.36. The molecule has 9 heteroatoms. The molecule has 0 aliphatic heterocycles. The molecule has 0 saturated heterocycles. The molecule has 3 aromatic rings. The molecule has 28 heavy (non-hydrogen) atoms. The number of nitrogens with zero attached hydrogens (tertiary/aromatic N) is 4. The maximum absolute atomic E-state index is 12.9. The Bertz CT molecular complexity index is 1020. The van der Waals surface area contributed by atoms with Crippen molar-refractivity contribution >= 4 is 17.7 Å². The van der Waals surface area contributed by atoms with Gasteiger partial charge in [0, 0.05) is 17.9 Å². The number of ether oxygens (including phenoxy) is 1. The van der Waals surface area contributed by atoms with Crippen LogP contribution in [0.5, 0.6) is 0 Å². The maximum atomic E-state index is 12.9. The van der Waals surface area contributed by atoms with Crippen molar-refractivity contribution < 1.29 is 18.7 Å². The molecule has 0 spiro atoms. The maximum Gasteiger partial charge on any atom is 0.379 e. The number of nitrogens with one attached hydrogen (secondary N) is 1. The lowest BCUT2D eigenvalue weighted by Gasteiger charge is -2.12. The number of fused-ring (bicyclic) bond motifs is 1. The van der Waals surface area contributed by atoms with E-state index in [2.05, 4.69) is 20.4 Å². The number of amides is 1. The summed E-state index contributed by atoms with van der Waals surface area (Å²) in [6.45, 7) is 5.44. The molecular formula is C19H20FN5O3. The number of esters is 1. The first-order chi connectivity index (χ1) is 13.3. The van der Waals surface area contributed by atoms with Crippen LogP contribution < -0.4 is 5.32 Å². The number of carbonyl (C=O) groups excluding carboxylic acids is 2. The van der Waals surface area contributed by atoms with Gasteiger partial charge in [-0.1, -0.05) is 12.1 Å². The Kier molecular flexibility index (Phi) is 5.62. The average Bonchev–Trinajstić information content (AvgIpc) is 3.07. The van der Waals surface area contributed by atoms with Crippen molar-refractivity contribution in [2.75, 3.05) is 6.54 Å². The minimum atomic E-state index is -1.01. The molecule has 0 bridgehead atoms. The Balaban J connectivity index is 1.55. The van der Waals surface area contributed by atoms with Gasteiger partial charge in [0.05, 0.1) is 0 Å². The topological polar surface area (TPSA) is 98.5 Å². The zero-order valence-corrected chi connectivity index (χ0v) is 15.8. The highest BCUT2D eigenvalue weighted by Crippen LogP contribution is 2.07. The van der Waals surface area contributed by atoms with E-state index in [1.807, 2.05) is 19.9 Å². The lowest BCUT2D eigenvalue weighted by molar-refractivity contribution is -0.129. The zero-order valence-electron chi connectivity index (χ0n) is 15.8. The van der Waals surface area contributed by atoms with E-state index in [1.54, 1.807) is 12.1 Å². The predicted octanol–water partition coefficient (Wildman–Crippen LogP) is 1.78. The molecule has 1 amide bonds. The van der Waals surface area contributed by atoms with E-state index in [9.17, 15) is 14.0 Å². The fourth-order valence-corrected chi connectivity index (χ4v) is 2.64. The first-order valence-electron chi connectivity index (χ1n) is 8.77. The fourth-order valence-electron chi connectivity index (χ4n) is 2.64. The van der Waals surface area contributed by atoms with E-state index in [0.717, 1.165) is 17.0 Å². The van der Waals surface area contributed by atoms with Gasteiger partial charge in [0.1, 0.15) is 5.82 Å². The van der Waals surface area contributed by atoms with Crippen molar-refractivity contribution in [3.05, 3.63) is 58.9 Å². The molecule has 0 fully saturated rings. The number of aromatic nitrogens is 4. The van der Waals surface area contributed by atoms with E-state index in [1.165, 1.54) is 23.6 Å². The zero-order chi connectivity index (χ0) is 20.3. The number of carbonyl (C=O) groups is 2. The van der Waals surface area contributed by atoms with Crippen molar-refractivity contribution in [3.8, 4) is 0 Å². The standard InChI is InChI=1S/C19H20FN5O3/c1-11-10-12(2)25-19(22-11)23-16(24-25)18(27)28-13(3)17(26)21-9-8-14-4-6-15(20)7-5-14/h4-7,10,13H,8-9H2,1-3H3,(H,21,26)/t13-/m0/s1. The molecule has 0 saturated carbocycles. The van der Waals surface area contributed by atoms with Crippen LogP contribution in [0.25, 0.3) is 5.78 Å². The summed E-state index contributed by atoms with van der Waals surface area (Å²) >= 11 is 0. The second-order valence-electron chi connectivity index (χ2n) is 6.40. The summed E-state index contributed by atoms with van der Waals surface area (Å²) in [5, 5.41) is 6.76. The molecule has 0 aliphatic carbocycles. The van der Waals surface area contributed by atoms with E-state index >= 15 is 0 Å². The van der Waals surface area contributed by atoms with Crippen molar-refractivity contribution in [1.29, 1.82) is 0 Å². The van der Waals surface area contributed by atoms with Crippen LogP contribution >= 0.6 is 0 Å². The van der Waals surface area contributed by atoms with Crippen molar-refractivity contribution in [3.63, 3.8) is 0 Å². The van der Waals surface area contributed by atoms with Gasteiger partial charge >= 0.3 is 5.97 Å². The van der Waals surface area contributed by atoms with Crippen LogP contribution in [0, 0.1) is 19.7 Å². The van der Waals surface area contributed by atoms with E-state index in [0.29, 0.717) is 18.7 Å². The van der Waals surface area contributed by atoms with Gasteiger partial charge in [0.2, 0.25) is 0 Å². The third-order valence-electron chi connectivity index (χ3n) is 4.08. The molecule has 1 atom stereocenters. The van der Waals surface area contributed by atoms with Gasteiger partial charge < -0.3 is 10.1 Å². The minimum absolute atomic E-state index is 0.160. The lowest BCUT2D eigenvalue weighted by atomic mass is 10.1. The third kappa shape index (κ3) is 4.48. The Morgan fingerprint density at radius 2 is 1.93 bits per heavy atom. The number of benzene rings is 1. The highest BCUT2D eigenvalue weighted by atomic mass is 19.1. The van der Waals surface area contributed by atoms with Gasteiger partial charge in [-0.2, -0.15) is 4.98 Å². The van der Waals surface area contributed by atoms with Gasteiger partial charge in [-0.3, -0.25) is 4.79 Å². The molecule has 0 aliphatic rings. The number of rotatable bonds is 6. The molecule has 2 heterocycles. The van der Waals surface area contributed by atoms with Crippen LogP contribution in [0.3, 0.4) is 0 Å². The molecule has 0 unspecified atom stereocenters. The van der Waals surface area contributed by atoms with Gasteiger partial charge in [-0.25, -0.2) is 18.7 Å². The van der Waals surface area contributed by atoms with Crippen LogP contribution in [0.15, 0.2) is 30.3 Å². The SMILES string of the molecule is Cc1cc(C)n2nc(C(=O)O[C@@H](C)C(=O)NCCc3ccc(F)cc3)nc2n1. The number of hydrogen-bond donors (Lipinski definition) is 1. The van der Waals surface area contributed by atoms with Gasteiger partial charge in [0.25, 0.3) is 17.5 Å². The molecule has 146 valence electrons. The van der Waals surface area contributed by atoms with Crippen molar-refractivity contribution in [1.82, 2.24) is 24.9 Å². The van der Waals surface area contributed by atoms with Crippen LogP contribution in [-0.2, 0) is 16.0 Å². The first-order valence-corrected chi connectivity index (χ1v) is 8.77. The Morgan fingerprint density at radius 1 is 1.21 bits per heavy atom. The van der Waals surface area contributed by atoms with Crippen LogP contribution in [0.4, 0.5) is 4.39 Å². The summed E-state index contributed by atoms with van der Waals surface area (Å²) in [7, 11) is 0. The summed E-state index contributed by atoms with van der Waals surface area (Å²) < 4.78 is 19.5. The second kappa shape index (κ2) is 8.12. The largest absolute Gasteiger partial charge is 0.447 e. The van der Waals surface area contributed by atoms with Crippen molar-refractivity contribution in [2.45, 2.75) is 33.3 Å². The second-order valence-corrected chi connectivity index (χ2v) is 6.40. The average molecular weight is 385 g/mol. The van der Waals surface area contributed by atoms with Gasteiger partial charge in [-0.15, -0.1) is 5.10 Å². The summed E-state index contributed by atoms with van der Waals surface area (Å²) in [6.07, 6.45) is -0.478. The van der Waals surface area contributed by atoms with Crippen LogP contribution in [-0.4, -0.2) is 44.1 Å². The summed E-state index contributed by atoms with van der Waals surface area (Å²) in [5.74, 6) is -1.42. The number of aryl methyl sites for hydroxylation is 2. The van der Waals surface area contributed by atoms with Crippen LogP contribution in [0.1, 0.15) is 34.5 Å². The predicted molar refractivity (Wildman–Crippen MR) is 98.2 cm³/mol. The quantitative estimate of drug-likeness (QED) is 0.650. The highest BCUT2D eigenvalue weighted by Gasteiger charge is 2.22. The smallest absolute Gasteiger partial charge is 0.379 e. The molecule has 0 radical (unpaired) electrons. The van der Waals surface area contributed by atoms with Gasteiger partial charge in [0.15, 0.2) is 6.10 Å². The molecular weight excluding hydrogens is 365 g/mol. The van der Waals surface area contributed by atoms with E-state index in [-0.39, 0.29) is 11.6 Å². The first kappa shape index (κ1) is 19.4. The molecule has 1 N–H and O–H groups in total. The monoisotopic (exact) mass is 385 g/mol. The summed E-state index contributed by atoms with van der Waals surface area (Å²) in [5.41, 5.74) is 2.42. The summed E-state index contributed by atoms with van der Waals surface area (Å²) in [6, 6.07) is 7.84. The number of hydrogen-bond acceptors (Lipinski definition) is 6. The third-order valence-corrected chi connectivity index (χ3v) is 4.08. The van der Waals surface area contributed by atoms with E-state index in [4.69, 9.17) is 4.74 Å². The molecule has 8 nitrogen and oxygen atoms in total. The lowest BCUT2D eigenvalue weighted by Crippen LogP contribution is -2.37. The number of halogens is 1. The molecule has 2 aromatic heterocycles. The minimum Gasteiger partial charge on any atom is -0.447 e. The summed E-state index contributed by atoms with van der Waals surface area (Å²) in [4.78, 5) is 32.6. The van der Waals surface area contributed by atoms with Crippen molar-refractivity contribution in [2.24, 2.45) is 0 Å². The normalized spacial score (nSPS) is 12.0. The molecule has 3 rings (SSSR count). The van der Waals surface area contributed by atoms with Crippen LogP contribution in [0.2, 0.25) is 0 Å². The van der Waals surface area contributed by atoms with E-state index < -0.39 is 18.0 Å². The highest BCUT2D eigenvalue weighted by molar-refractivity contribution is 5.89. The Morgan fingerprint density at radius 3 is 2.64 bits per heavy atom.